The van der Waals surface area contributed by atoms with Crippen LogP contribution in [-0.4, -0.2) is 24.3 Å². The van der Waals surface area contributed by atoms with Crippen LogP contribution in [0.2, 0.25) is 0 Å². The number of rotatable bonds is 8. The third kappa shape index (κ3) is 4.63. The van der Waals surface area contributed by atoms with Crippen molar-refractivity contribution in [3.05, 3.63) is 0 Å². The molecule has 1 aliphatic rings. The zero-order chi connectivity index (χ0) is 9.52. The van der Waals surface area contributed by atoms with Crippen LogP contribution in [0, 0.1) is 5.92 Å². The molecule has 0 aromatic rings. The van der Waals surface area contributed by atoms with Crippen molar-refractivity contribution in [3.8, 4) is 0 Å². The molecule has 0 amide bonds. The highest BCUT2D eigenvalue weighted by molar-refractivity contribution is 4.85. The summed E-state index contributed by atoms with van der Waals surface area (Å²) in [5.74, 6) is 0.869. The molecule has 1 unspecified atom stereocenters. The van der Waals surface area contributed by atoms with Crippen LogP contribution in [0.3, 0.4) is 0 Å². The van der Waals surface area contributed by atoms with Gasteiger partial charge in [0.05, 0.1) is 0 Å². The topological polar surface area (TPSA) is 32.3 Å². The molecule has 78 valence electrons. The van der Waals surface area contributed by atoms with Gasteiger partial charge in [0.15, 0.2) is 0 Å². The van der Waals surface area contributed by atoms with Crippen LogP contribution >= 0.6 is 0 Å². The number of nitrogens with one attached hydrogen (secondary N) is 1. The first-order chi connectivity index (χ1) is 6.38. The van der Waals surface area contributed by atoms with Gasteiger partial charge < -0.3 is 10.4 Å². The normalized spacial score (nSPS) is 18.9. The van der Waals surface area contributed by atoms with Crippen molar-refractivity contribution in [3.63, 3.8) is 0 Å². The van der Waals surface area contributed by atoms with Gasteiger partial charge in [-0.2, -0.15) is 0 Å². The Morgan fingerprint density at radius 3 is 2.69 bits per heavy atom. The lowest BCUT2D eigenvalue weighted by atomic mass is 10.1. The predicted molar refractivity (Wildman–Crippen MR) is 55.7 cm³/mol. The van der Waals surface area contributed by atoms with Crippen molar-refractivity contribution < 1.29 is 5.11 Å². The first kappa shape index (κ1) is 11.0. The summed E-state index contributed by atoms with van der Waals surface area (Å²) in [4.78, 5) is 0. The molecular weight excluding hydrogens is 162 g/mol. The van der Waals surface area contributed by atoms with Crippen LogP contribution in [-0.2, 0) is 0 Å². The van der Waals surface area contributed by atoms with E-state index in [1.165, 1.54) is 32.1 Å². The highest BCUT2D eigenvalue weighted by atomic mass is 16.3. The van der Waals surface area contributed by atoms with E-state index in [9.17, 15) is 0 Å². The maximum atomic E-state index is 8.88. The lowest BCUT2D eigenvalue weighted by molar-refractivity contribution is 0.256. The SMILES string of the molecule is CCCCCNC(CCO)C1CC1. The Bertz CT molecular complexity index is 123. The largest absolute Gasteiger partial charge is 0.396 e. The Labute approximate surface area is 81.7 Å². The van der Waals surface area contributed by atoms with E-state index in [4.69, 9.17) is 5.11 Å². The quantitative estimate of drug-likeness (QED) is 0.566. The summed E-state index contributed by atoms with van der Waals surface area (Å²) in [6, 6.07) is 0.599. The van der Waals surface area contributed by atoms with Crippen molar-refractivity contribution >= 4 is 0 Å². The molecule has 0 aliphatic heterocycles. The lowest BCUT2D eigenvalue weighted by Gasteiger charge is -2.16. The Kier molecular flexibility index (Phi) is 5.40. The third-order valence-corrected chi connectivity index (χ3v) is 2.82. The summed E-state index contributed by atoms with van der Waals surface area (Å²) in [5, 5.41) is 12.4. The van der Waals surface area contributed by atoms with Crippen molar-refractivity contribution in [2.45, 2.75) is 51.5 Å². The maximum absolute atomic E-state index is 8.88. The van der Waals surface area contributed by atoms with Gasteiger partial charge in [-0.3, -0.25) is 0 Å². The Morgan fingerprint density at radius 1 is 1.38 bits per heavy atom. The van der Waals surface area contributed by atoms with Gasteiger partial charge in [0.1, 0.15) is 0 Å². The summed E-state index contributed by atoms with van der Waals surface area (Å²) in [7, 11) is 0. The molecular formula is C11H23NO. The highest BCUT2D eigenvalue weighted by Gasteiger charge is 2.29. The summed E-state index contributed by atoms with van der Waals surface area (Å²) < 4.78 is 0. The minimum absolute atomic E-state index is 0.335. The van der Waals surface area contributed by atoms with E-state index in [1.54, 1.807) is 0 Å². The molecule has 0 heterocycles. The van der Waals surface area contributed by atoms with Crippen LogP contribution in [0.5, 0.6) is 0 Å². The smallest absolute Gasteiger partial charge is 0.0445 e. The van der Waals surface area contributed by atoms with Crippen LogP contribution in [0.15, 0.2) is 0 Å². The maximum Gasteiger partial charge on any atom is 0.0445 e. The third-order valence-electron chi connectivity index (χ3n) is 2.82. The molecule has 1 aliphatic carbocycles. The molecule has 0 aromatic heterocycles. The fraction of sp³-hybridized carbons (Fsp3) is 1.00. The molecule has 1 rings (SSSR count). The summed E-state index contributed by atoms with van der Waals surface area (Å²) in [6.07, 6.45) is 7.57. The van der Waals surface area contributed by atoms with E-state index < -0.39 is 0 Å². The Morgan fingerprint density at radius 2 is 2.15 bits per heavy atom. The molecule has 2 N–H and O–H groups in total. The van der Waals surface area contributed by atoms with Gasteiger partial charge in [-0.25, -0.2) is 0 Å². The summed E-state index contributed by atoms with van der Waals surface area (Å²) in [6.45, 7) is 3.70. The Hall–Kier alpha value is -0.0800. The van der Waals surface area contributed by atoms with Crippen molar-refractivity contribution in [2.75, 3.05) is 13.2 Å². The average Bonchev–Trinajstić information content (AvgIpc) is 2.93. The van der Waals surface area contributed by atoms with Crippen LogP contribution in [0.25, 0.3) is 0 Å². The first-order valence-corrected chi connectivity index (χ1v) is 5.72. The molecule has 0 radical (unpaired) electrons. The number of unbranched alkanes of at least 4 members (excludes halogenated alkanes) is 2. The average molecular weight is 185 g/mol. The summed E-state index contributed by atoms with van der Waals surface area (Å²) >= 11 is 0. The minimum atomic E-state index is 0.335. The van der Waals surface area contributed by atoms with Gasteiger partial charge in [-0.1, -0.05) is 19.8 Å². The fourth-order valence-electron chi connectivity index (χ4n) is 1.80. The molecule has 0 spiro atoms. The van der Waals surface area contributed by atoms with Crippen LogP contribution in [0.4, 0.5) is 0 Å². The molecule has 1 atom stereocenters. The van der Waals surface area contributed by atoms with E-state index in [-0.39, 0.29) is 0 Å². The van der Waals surface area contributed by atoms with Crippen LogP contribution < -0.4 is 5.32 Å². The molecule has 0 saturated heterocycles. The van der Waals surface area contributed by atoms with Gasteiger partial charge >= 0.3 is 0 Å². The van der Waals surface area contributed by atoms with E-state index >= 15 is 0 Å². The van der Waals surface area contributed by atoms with Gasteiger partial charge in [0.2, 0.25) is 0 Å². The molecule has 2 heteroatoms. The van der Waals surface area contributed by atoms with Crippen molar-refractivity contribution in [2.24, 2.45) is 5.92 Å². The molecule has 13 heavy (non-hydrogen) atoms. The minimum Gasteiger partial charge on any atom is -0.396 e. The number of hydrogen-bond acceptors (Lipinski definition) is 2. The van der Waals surface area contributed by atoms with E-state index in [0.717, 1.165) is 18.9 Å². The molecule has 2 nitrogen and oxygen atoms in total. The monoisotopic (exact) mass is 185 g/mol. The predicted octanol–water partition coefficient (Wildman–Crippen LogP) is 1.93. The van der Waals surface area contributed by atoms with Gasteiger partial charge in [-0.15, -0.1) is 0 Å². The lowest BCUT2D eigenvalue weighted by Crippen LogP contribution is -2.32. The second kappa shape index (κ2) is 6.39. The molecule has 1 fully saturated rings. The molecule has 1 saturated carbocycles. The van der Waals surface area contributed by atoms with Crippen molar-refractivity contribution in [1.29, 1.82) is 0 Å². The number of hydrogen-bond donors (Lipinski definition) is 2. The highest BCUT2D eigenvalue weighted by Crippen LogP contribution is 2.33. The van der Waals surface area contributed by atoms with Gasteiger partial charge in [-0.05, 0) is 38.1 Å². The second-order valence-electron chi connectivity index (χ2n) is 4.12. The fourth-order valence-corrected chi connectivity index (χ4v) is 1.80. The van der Waals surface area contributed by atoms with Crippen LogP contribution in [0.1, 0.15) is 45.4 Å². The molecule has 0 aromatic carbocycles. The second-order valence-corrected chi connectivity index (χ2v) is 4.12. The van der Waals surface area contributed by atoms with Gasteiger partial charge in [0, 0.05) is 12.6 Å². The Balaban J connectivity index is 2.00. The molecule has 0 bridgehead atoms. The number of aliphatic hydroxyl groups excluding tert-OH is 1. The van der Waals surface area contributed by atoms with E-state index in [0.29, 0.717) is 12.6 Å². The van der Waals surface area contributed by atoms with Gasteiger partial charge in [0.25, 0.3) is 0 Å². The van der Waals surface area contributed by atoms with Crippen molar-refractivity contribution in [1.82, 2.24) is 5.32 Å². The summed E-state index contributed by atoms with van der Waals surface area (Å²) in [5.41, 5.74) is 0. The standard InChI is InChI=1S/C11H23NO/c1-2-3-4-8-12-11(7-9-13)10-5-6-10/h10-13H,2-9H2,1H3. The van der Waals surface area contributed by atoms with E-state index in [2.05, 4.69) is 12.2 Å². The van der Waals surface area contributed by atoms with E-state index in [1.807, 2.05) is 0 Å². The number of aliphatic hydroxyl groups is 1. The zero-order valence-corrected chi connectivity index (χ0v) is 8.76. The first-order valence-electron chi connectivity index (χ1n) is 5.72. The zero-order valence-electron chi connectivity index (χ0n) is 8.76.